The molecule has 0 saturated carbocycles. The Morgan fingerprint density at radius 3 is 2.50 bits per heavy atom. The summed E-state index contributed by atoms with van der Waals surface area (Å²) in [6.07, 6.45) is 3.79. The first kappa shape index (κ1) is 24.9. The maximum atomic E-state index is 13.1. The molecule has 38 heavy (non-hydrogen) atoms. The van der Waals surface area contributed by atoms with Gasteiger partial charge in [0.2, 0.25) is 5.91 Å². The first-order valence-electron chi connectivity index (χ1n) is 11.9. The molecule has 2 amide bonds. The van der Waals surface area contributed by atoms with Crippen LogP contribution in [0.3, 0.4) is 0 Å². The zero-order valence-electron chi connectivity index (χ0n) is 20.6. The number of pyridine rings is 1. The molecule has 0 aliphatic heterocycles. The van der Waals surface area contributed by atoms with Crippen molar-refractivity contribution in [2.75, 3.05) is 7.11 Å². The third kappa shape index (κ3) is 5.47. The van der Waals surface area contributed by atoms with Crippen LogP contribution < -0.4 is 15.8 Å². The number of methoxy groups -OCH3 is 1. The van der Waals surface area contributed by atoms with E-state index in [-0.39, 0.29) is 5.91 Å². The number of hydrogen-bond donors (Lipinski definition) is 2. The van der Waals surface area contributed by atoms with Gasteiger partial charge in [-0.1, -0.05) is 30.3 Å². The van der Waals surface area contributed by atoms with Crippen molar-refractivity contribution in [1.82, 2.24) is 20.1 Å². The highest BCUT2D eigenvalue weighted by Crippen LogP contribution is 2.33. The average Bonchev–Trinajstić information content (AvgIpc) is 3.62. The van der Waals surface area contributed by atoms with Gasteiger partial charge in [0.05, 0.1) is 33.9 Å². The van der Waals surface area contributed by atoms with Gasteiger partial charge < -0.3 is 15.8 Å². The number of thiophene rings is 1. The van der Waals surface area contributed by atoms with Crippen molar-refractivity contribution in [1.29, 1.82) is 0 Å². The van der Waals surface area contributed by atoms with Gasteiger partial charge in [0.25, 0.3) is 5.91 Å². The number of hydrogen-bond acceptors (Lipinski definition) is 6. The molecule has 5 aromatic rings. The van der Waals surface area contributed by atoms with Crippen molar-refractivity contribution in [2.24, 2.45) is 5.73 Å². The third-order valence-corrected chi connectivity index (χ3v) is 7.10. The number of nitrogens with two attached hydrogens (primary N) is 1. The Labute approximate surface area is 223 Å². The summed E-state index contributed by atoms with van der Waals surface area (Å²) in [4.78, 5) is 30.7. The van der Waals surface area contributed by atoms with Gasteiger partial charge in [-0.25, -0.2) is 4.68 Å². The summed E-state index contributed by atoms with van der Waals surface area (Å²) < 4.78 is 7.13. The van der Waals surface area contributed by atoms with Gasteiger partial charge >= 0.3 is 0 Å². The molecule has 0 bridgehead atoms. The highest BCUT2D eigenvalue weighted by atomic mass is 32.1. The zero-order chi connectivity index (χ0) is 26.5. The highest BCUT2D eigenvalue weighted by molar-refractivity contribution is 7.17. The van der Waals surface area contributed by atoms with Gasteiger partial charge in [-0.05, 0) is 60.2 Å². The molecule has 190 valence electrons. The van der Waals surface area contributed by atoms with E-state index in [0.29, 0.717) is 11.3 Å². The minimum Gasteiger partial charge on any atom is -0.497 e. The molecule has 0 aliphatic rings. The lowest BCUT2D eigenvalue weighted by Gasteiger charge is -2.15. The SMILES string of the molecule is COc1ccc(-n2nc(-c3cccnc3)cc2-c2ccc(C(=O)N[C@@H](Cc3ccccc3)C(N)=O)s2)cc1. The number of nitrogens with one attached hydrogen (secondary N) is 1. The predicted molar refractivity (Wildman–Crippen MR) is 147 cm³/mol. The Hall–Kier alpha value is -4.76. The average molecular weight is 524 g/mol. The van der Waals surface area contributed by atoms with E-state index in [9.17, 15) is 9.59 Å². The summed E-state index contributed by atoms with van der Waals surface area (Å²) >= 11 is 1.31. The van der Waals surface area contributed by atoms with Gasteiger partial charge in [-0.2, -0.15) is 5.10 Å². The molecule has 1 atom stereocenters. The van der Waals surface area contributed by atoms with Crippen LogP contribution in [0.15, 0.2) is 97.3 Å². The first-order valence-corrected chi connectivity index (χ1v) is 12.7. The second kappa shape index (κ2) is 11.1. The predicted octanol–water partition coefficient (Wildman–Crippen LogP) is 4.50. The summed E-state index contributed by atoms with van der Waals surface area (Å²) in [5.74, 6) is -0.203. The molecule has 3 N–H and O–H groups in total. The van der Waals surface area contributed by atoms with Crippen molar-refractivity contribution >= 4 is 23.2 Å². The molecule has 0 radical (unpaired) electrons. The Morgan fingerprint density at radius 2 is 1.82 bits per heavy atom. The number of benzene rings is 2. The molecule has 5 rings (SSSR count). The number of ether oxygens (including phenoxy) is 1. The van der Waals surface area contributed by atoms with E-state index in [4.69, 9.17) is 15.6 Å². The lowest BCUT2D eigenvalue weighted by molar-refractivity contribution is -0.119. The summed E-state index contributed by atoms with van der Waals surface area (Å²) in [7, 11) is 1.62. The Morgan fingerprint density at radius 1 is 1.03 bits per heavy atom. The van der Waals surface area contributed by atoms with Crippen LogP contribution in [0, 0.1) is 0 Å². The fraction of sp³-hybridized carbons (Fsp3) is 0.103. The summed E-state index contributed by atoms with van der Waals surface area (Å²) in [5, 5.41) is 7.62. The monoisotopic (exact) mass is 523 g/mol. The summed E-state index contributed by atoms with van der Waals surface area (Å²) in [6.45, 7) is 0. The van der Waals surface area contributed by atoms with Crippen LogP contribution in [0.25, 0.3) is 27.5 Å². The molecule has 9 heteroatoms. The van der Waals surface area contributed by atoms with E-state index >= 15 is 0 Å². The molecule has 0 saturated heterocycles. The number of aromatic nitrogens is 3. The number of primary amides is 1. The number of carbonyl (C=O) groups is 2. The fourth-order valence-electron chi connectivity index (χ4n) is 4.03. The number of rotatable bonds is 9. The Balaban J connectivity index is 1.45. The third-order valence-electron chi connectivity index (χ3n) is 6.00. The van der Waals surface area contributed by atoms with Gasteiger partial charge in [-0.3, -0.25) is 14.6 Å². The van der Waals surface area contributed by atoms with Crippen molar-refractivity contribution in [3.63, 3.8) is 0 Å². The summed E-state index contributed by atoms with van der Waals surface area (Å²) in [5.41, 5.74) is 9.79. The second-order valence-electron chi connectivity index (χ2n) is 8.55. The van der Waals surface area contributed by atoms with Crippen LogP contribution in [0.1, 0.15) is 15.2 Å². The van der Waals surface area contributed by atoms with Crippen molar-refractivity contribution < 1.29 is 14.3 Å². The standard InChI is InChI=1S/C29H25N5O3S/c1-37-22-11-9-21(10-12-22)34-25(17-23(33-34)20-8-5-15-31-18-20)26-13-14-27(38-26)29(36)32-24(28(30)35)16-19-6-3-2-4-7-19/h2-15,17-18,24H,16H2,1H3,(H2,30,35)(H,32,36)/t24-/m0/s1. The molecule has 0 unspecified atom stereocenters. The highest BCUT2D eigenvalue weighted by Gasteiger charge is 2.22. The van der Waals surface area contributed by atoms with Crippen LogP contribution in [0.4, 0.5) is 0 Å². The van der Waals surface area contributed by atoms with Crippen LogP contribution >= 0.6 is 11.3 Å². The van der Waals surface area contributed by atoms with E-state index in [1.165, 1.54) is 11.3 Å². The van der Waals surface area contributed by atoms with E-state index in [1.54, 1.807) is 25.6 Å². The van der Waals surface area contributed by atoms with Crippen LogP contribution in [0.5, 0.6) is 5.75 Å². The molecular formula is C29H25N5O3S. The van der Waals surface area contributed by atoms with E-state index in [0.717, 1.165) is 38.8 Å². The van der Waals surface area contributed by atoms with Crippen LogP contribution in [0.2, 0.25) is 0 Å². The van der Waals surface area contributed by atoms with Crippen molar-refractivity contribution in [3.8, 4) is 33.3 Å². The minimum atomic E-state index is -0.822. The van der Waals surface area contributed by atoms with Gasteiger partial charge in [0, 0.05) is 24.4 Å². The Bertz CT molecular complexity index is 1550. The van der Waals surface area contributed by atoms with Crippen LogP contribution in [-0.2, 0) is 11.2 Å². The molecule has 0 spiro atoms. The van der Waals surface area contributed by atoms with E-state index in [2.05, 4.69) is 10.3 Å². The number of amides is 2. The maximum absolute atomic E-state index is 13.1. The van der Waals surface area contributed by atoms with Gasteiger partial charge in [-0.15, -0.1) is 11.3 Å². The van der Waals surface area contributed by atoms with E-state index in [1.807, 2.05) is 83.5 Å². The molecule has 8 nitrogen and oxygen atoms in total. The molecule has 3 aromatic heterocycles. The normalized spacial score (nSPS) is 11.6. The zero-order valence-corrected chi connectivity index (χ0v) is 21.4. The molecular weight excluding hydrogens is 498 g/mol. The largest absolute Gasteiger partial charge is 0.497 e. The lowest BCUT2D eigenvalue weighted by Crippen LogP contribution is -2.45. The van der Waals surface area contributed by atoms with Crippen molar-refractivity contribution in [2.45, 2.75) is 12.5 Å². The quantitative estimate of drug-likeness (QED) is 0.296. The topological polar surface area (TPSA) is 112 Å². The van der Waals surface area contributed by atoms with Gasteiger partial charge in [0.1, 0.15) is 11.8 Å². The maximum Gasteiger partial charge on any atom is 0.262 e. The molecule has 2 aromatic carbocycles. The minimum absolute atomic E-state index is 0.318. The molecule has 0 aliphatic carbocycles. The first-order chi connectivity index (χ1) is 18.5. The number of carbonyl (C=O) groups excluding carboxylic acids is 2. The van der Waals surface area contributed by atoms with E-state index < -0.39 is 11.9 Å². The van der Waals surface area contributed by atoms with Gasteiger partial charge in [0.15, 0.2) is 0 Å². The molecule has 3 heterocycles. The Kier molecular flexibility index (Phi) is 7.28. The fourth-order valence-corrected chi connectivity index (χ4v) is 4.94. The van der Waals surface area contributed by atoms with Crippen molar-refractivity contribution in [3.05, 3.63) is 108 Å². The summed E-state index contributed by atoms with van der Waals surface area (Å²) in [6, 6.07) is 25.6. The second-order valence-corrected chi connectivity index (χ2v) is 9.63. The smallest absolute Gasteiger partial charge is 0.262 e. The molecule has 0 fully saturated rings. The lowest BCUT2D eigenvalue weighted by atomic mass is 10.1. The van der Waals surface area contributed by atoms with Crippen LogP contribution in [-0.4, -0.2) is 39.7 Å². The number of nitrogens with zero attached hydrogens (tertiary/aromatic N) is 3.